The van der Waals surface area contributed by atoms with Gasteiger partial charge < -0.3 is 37.6 Å². The number of furan rings is 1. The normalized spacial score (nSPS) is 22.6. The Morgan fingerprint density at radius 1 is 1.00 bits per heavy atom. The van der Waals surface area contributed by atoms with E-state index >= 15 is 0 Å². The molecule has 0 N–H and O–H groups in total. The van der Waals surface area contributed by atoms with Crippen LogP contribution in [-0.2, 0) is 63.6 Å². The highest BCUT2D eigenvalue weighted by atomic mass is 16.8. The van der Waals surface area contributed by atoms with E-state index in [0.29, 0.717) is 5.56 Å². The minimum absolute atomic E-state index is 0.0978. The van der Waals surface area contributed by atoms with Crippen LogP contribution in [0.4, 0.5) is 0 Å². The lowest BCUT2D eigenvalue weighted by atomic mass is 9.91. The van der Waals surface area contributed by atoms with Gasteiger partial charge in [-0.15, -0.1) is 6.42 Å². The van der Waals surface area contributed by atoms with Crippen molar-refractivity contribution in [3.05, 3.63) is 24.2 Å². The summed E-state index contributed by atoms with van der Waals surface area (Å²) in [6.45, 7) is 5.33. The van der Waals surface area contributed by atoms with Gasteiger partial charge in [0.1, 0.15) is 6.10 Å². The van der Waals surface area contributed by atoms with Gasteiger partial charge in [-0.3, -0.25) is 14.4 Å². The first-order valence-corrected chi connectivity index (χ1v) is 11.6. The second-order valence-corrected chi connectivity index (χ2v) is 8.05. The molecule has 2 rings (SSSR count). The summed E-state index contributed by atoms with van der Waals surface area (Å²) in [5.41, 5.74) is -4.16. The third-order valence-electron chi connectivity index (χ3n) is 5.28. The van der Waals surface area contributed by atoms with Gasteiger partial charge in [-0.05, 0) is 25.5 Å². The molecule has 0 amide bonds. The van der Waals surface area contributed by atoms with Crippen LogP contribution in [0.1, 0.15) is 40.2 Å². The largest absolute Gasteiger partial charge is 0.472 e. The van der Waals surface area contributed by atoms with Gasteiger partial charge in [-0.25, -0.2) is 9.59 Å². The highest BCUT2D eigenvalue weighted by Gasteiger charge is 2.64. The summed E-state index contributed by atoms with van der Waals surface area (Å²) in [4.78, 5) is 61.9. The molecule has 0 spiro atoms. The summed E-state index contributed by atoms with van der Waals surface area (Å²) in [6, 6.07) is 1.50. The van der Waals surface area contributed by atoms with Crippen LogP contribution in [0.3, 0.4) is 0 Å². The van der Waals surface area contributed by atoms with Crippen LogP contribution >= 0.6 is 0 Å². The van der Waals surface area contributed by atoms with Gasteiger partial charge in [0.15, 0.2) is 0 Å². The smallest absolute Gasteiger partial charge is 0.350 e. The van der Waals surface area contributed by atoms with Crippen molar-refractivity contribution in [2.45, 2.75) is 70.7 Å². The van der Waals surface area contributed by atoms with Crippen molar-refractivity contribution in [2.75, 3.05) is 19.8 Å². The van der Waals surface area contributed by atoms with Crippen LogP contribution in [0, 0.1) is 12.3 Å². The summed E-state index contributed by atoms with van der Waals surface area (Å²) in [7, 11) is 0. The van der Waals surface area contributed by atoms with E-state index in [9.17, 15) is 24.0 Å². The number of hydrogen-bond acceptors (Lipinski definition) is 13. The number of rotatable bonds is 12. The molecule has 0 saturated carbocycles. The summed E-state index contributed by atoms with van der Waals surface area (Å²) in [5, 5.41) is 0. The molecule has 1 aliphatic heterocycles. The fraction of sp³-hybridized carbons (Fsp3) is 0.560. The molecule has 0 radical (unpaired) electrons. The predicted octanol–water partition coefficient (Wildman–Crippen LogP) is 0.859. The van der Waals surface area contributed by atoms with Crippen LogP contribution in [0.25, 0.3) is 0 Å². The fourth-order valence-electron chi connectivity index (χ4n) is 3.81. The van der Waals surface area contributed by atoms with E-state index in [0.717, 1.165) is 20.8 Å². The molecule has 2 heterocycles. The lowest BCUT2D eigenvalue weighted by Crippen LogP contribution is -2.57. The van der Waals surface area contributed by atoms with Crippen LogP contribution in [-0.4, -0.2) is 79.4 Å². The molecular formula is C25H30O13. The first kappa shape index (κ1) is 30.3. The molecule has 13 heteroatoms. The van der Waals surface area contributed by atoms with Crippen LogP contribution < -0.4 is 0 Å². The van der Waals surface area contributed by atoms with Gasteiger partial charge in [-0.2, -0.15) is 0 Å². The molecule has 208 valence electrons. The molecule has 1 aromatic heterocycles. The predicted molar refractivity (Wildman–Crippen MR) is 124 cm³/mol. The molecule has 13 nitrogen and oxygen atoms in total. The van der Waals surface area contributed by atoms with Crippen molar-refractivity contribution in [2.24, 2.45) is 0 Å². The molecule has 0 aromatic carbocycles. The van der Waals surface area contributed by atoms with E-state index in [1.54, 1.807) is 0 Å². The monoisotopic (exact) mass is 538 g/mol. The van der Waals surface area contributed by atoms with Crippen molar-refractivity contribution in [3.8, 4) is 12.3 Å². The Morgan fingerprint density at radius 2 is 1.61 bits per heavy atom. The zero-order valence-corrected chi connectivity index (χ0v) is 21.7. The average Bonchev–Trinajstić information content (AvgIpc) is 3.43. The molecule has 0 bridgehead atoms. The third kappa shape index (κ3) is 6.70. The number of carbonyl (C=O) groups excluding carboxylic acids is 5. The Balaban J connectivity index is 2.57. The first-order valence-electron chi connectivity index (χ1n) is 11.6. The van der Waals surface area contributed by atoms with E-state index in [-0.39, 0.29) is 19.6 Å². The fourth-order valence-corrected chi connectivity index (χ4v) is 3.81. The van der Waals surface area contributed by atoms with Gasteiger partial charge in [0.2, 0.25) is 18.0 Å². The standard InChI is InChI=1S/C25H30O13/c1-7-24(38-17(6)28)19(37-21(36-16(5)27)20(24)35-15(4)26)14-34-25(22(29)32-8-2,23(30)33-9-3)12-18-10-11-31-13-18/h1,10-11,13,19-21H,8-9,12,14H2,2-6H3/t19-,20+,21+,24-/m1/s1. The molecule has 38 heavy (non-hydrogen) atoms. The van der Waals surface area contributed by atoms with E-state index < -0.39 is 66.2 Å². The average molecular weight is 539 g/mol. The Labute approximate surface area is 218 Å². The molecule has 1 fully saturated rings. The van der Waals surface area contributed by atoms with Crippen molar-refractivity contribution in [1.82, 2.24) is 0 Å². The zero-order valence-electron chi connectivity index (χ0n) is 21.7. The van der Waals surface area contributed by atoms with Crippen LogP contribution in [0.15, 0.2) is 23.0 Å². The minimum Gasteiger partial charge on any atom is -0.472 e. The van der Waals surface area contributed by atoms with Crippen LogP contribution in [0.5, 0.6) is 0 Å². The Kier molecular flexibility index (Phi) is 10.4. The summed E-state index contributed by atoms with van der Waals surface area (Å²) >= 11 is 0. The summed E-state index contributed by atoms with van der Waals surface area (Å²) in [5.74, 6) is -2.48. The number of terminal acetylenes is 1. The quantitative estimate of drug-likeness (QED) is 0.159. The molecule has 4 atom stereocenters. The molecule has 1 saturated heterocycles. The topological polar surface area (TPSA) is 163 Å². The van der Waals surface area contributed by atoms with E-state index in [2.05, 4.69) is 5.92 Å². The third-order valence-corrected chi connectivity index (χ3v) is 5.28. The number of ether oxygens (including phenoxy) is 7. The molecule has 0 unspecified atom stereocenters. The molecule has 1 aliphatic rings. The Morgan fingerprint density at radius 3 is 2.05 bits per heavy atom. The molecule has 0 aliphatic carbocycles. The second kappa shape index (κ2) is 13.1. The zero-order chi connectivity index (χ0) is 28.5. The lowest BCUT2D eigenvalue weighted by molar-refractivity contribution is -0.206. The highest BCUT2D eigenvalue weighted by Crippen LogP contribution is 2.39. The second-order valence-electron chi connectivity index (χ2n) is 8.05. The lowest BCUT2D eigenvalue weighted by Gasteiger charge is -2.34. The van der Waals surface area contributed by atoms with E-state index in [1.807, 2.05) is 0 Å². The Hall–Kier alpha value is -3.89. The van der Waals surface area contributed by atoms with Crippen molar-refractivity contribution in [3.63, 3.8) is 0 Å². The van der Waals surface area contributed by atoms with Crippen LogP contribution in [0.2, 0.25) is 0 Å². The Bertz CT molecular complexity index is 1040. The first-order chi connectivity index (χ1) is 17.9. The van der Waals surface area contributed by atoms with Gasteiger partial charge in [0.25, 0.3) is 5.60 Å². The number of esters is 5. The maximum atomic E-state index is 13.2. The van der Waals surface area contributed by atoms with Gasteiger partial charge in [0, 0.05) is 27.2 Å². The van der Waals surface area contributed by atoms with Gasteiger partial charge in [-0.1, -0.05) is 5.92 Å². The number of hydrogen-bond donors (Lipinski definition) is 0. The van der Waals surface area contributed by atoms with E-state index in [1.165, 1.54) is 32.4 Å². The maximum Gasteiger partial charge on any atom is 0.350 e. The molecular weight excluding hydrogens is 508 g/mol. The number of carbonyl (C=O) groups is 5. The summed E-state index contributed by atoms with van der Waals surface area (Å²) < 4.78 is 42.6. The summed E-state index contributed by atoms with van der Waals surface area (Å²) in [6.07, 6.45) is 3.26. The highest BCUT2D eigenvalue weighted by molar-refractivity contribution is 6.04. The SMILES string of the molecule is C#C[C@@]1(OC(C)=O)[C@@H](COC(Cc2ccoc2)(C(=O)OCC)C(=O)OCC)O[C@H](OC(C)=O)[C@@H]1OC(C)=O. The van der Waals surface area contributed by atoms with E-state index in [4.69, 9.17) is 44.0 Å². The minimum atomic E-state index is -2.37. The van der Waals surface area contributed by atoms with Crippen molar-refractivity contribution < 1.29 is 61.5 Å². The van der Waals surface area contributed by atoms with Crippen molar-refractivity contribution in [1.29, 1.82) is 0 Å². The maximum absolute atomic E-state index is 13.2. The van der Waals surface area contributed by atoms with Crippen molar-refractivity contribution >= 4 is 29.8 Å². The molecule has 1 aromatic rings. The van der Waals surface area contributed by atoms with Gasteiger partial charge in [0.05, 0.1) is 32.3 Å². The van der Waals surface area contributed by atoms with Gasteiger partial charge >= 0.3 is 29.8 Å².